The first-order chi connectivity index (χ1) is 9.08. The van der Waals surface area contributed by atoms with Crippen LogP contribution in [0, 0.1) is 10.1 Å². The summed E-state index contributed by atoms with van der Waals surface area (Å²) in [6, 6.07) is 7.13. The molecule has 0 bridgehead atoms. The van der Waals surface area contributed by atoms with Crippen LogP contribution in [0.2, 0.25) is 10.2 Å². The highest BCUT2D eigenvalue weighted by Gasteiger charge is 2.21. The van der Waals surface area contributed by atoms with Crippen LogP contribution in [0.15, 0.2) is 30.6 Å². The summed E-state index contributed by atoms with van der Waals surface area (Å²) >= 11 is 11.5. The predicted octanol–water partition coefficient (Wildman–Crippen LogP) is 3.30. The van der Waals surface area contributed by atoms with Crippen LogP contribution >= 0.6 is 23.2 Å². The molecule has 0 saturated carbocycles. The van der Waals surface area contributed by atoms with E-state index in [9.17, 15) is 10.1 Å². The van der Waals surface area contributed by atoms with E-state index in [2.05, 4.69) is 15.3 Å². The number of benzene rings is 1. The molecule has 0 radical (unpaired) electrons. The minimum absolute atomic E-state index is 0.0741. The Kier molecular flexibility index (Phi) is 4.13. The number of anilines is 1. The fraction of sp³-hybridized carbons (Fsp3) is 0.0909. The molecule has 0 atom stereocenters. The molecule has 0 amide bonds. The van der Waals surface area contributed by atoms with Gasteiger partial charge in [-0.05, 0) is 17.7 Å². The molecule has 0 saturated heterocycles. The van der Waals surface area contributed by atoms with Crippen molar-refractivity contribution in [1.29, 1.82) is 0 Å². The topological polar surface area (TPSA) is 81.0 Å². The lowest BCUT2D eigenvalue weighted by Crippen LogP contribution is -2.05. The van der Waals surface area contributed by atoms with E-state index < -0.39 is 4.92 Å². The Labute approximate surface area is 118 Å². The summed E-state index contributed by atoms with van der Waals surface area (Å²) in [5.41, 5.74) is 0.530. The van der Waals surface area contributed by atoms with Gasteiger partial charge in [-0.3, -0.25) is 10.1 Å². The number of rotatable bonds is 4. The van der Waals surface area contributed by atoms with Crippen molar-refractivity contribution in [2.45, 2.75) is 6.54 Å². The molecule has 1 heterocycles. The van der Waals surface area contributed by atoms with Gasteiger partial charge in [0.1, 0.15) is 6.33 Å². The summed E-state index contributed by atoms with van der Waals surface area (Å²) in [5, 5.41) is 14.1. The standard InChI is InChI=1S/C11H8Cl2N4O2/c12-8-3-1-2-7(4-8)5-14-11-9(17(18)19)10(13)15-6-16-11/h1-4,6H,5H2,(H,14,15,16). The largest absolute Gasteiger partial charge is 0.360 e. The molecule has 0 aliphatic rings. The Morgan fingerprint density at radius 2 is 2.11 bits per heavy atom. The normalized spacial score (nSPS) is 10.2. The van der Waals surface area contributed by atoms with Gasteiger partial charge in [-0.1, -0.05) is 35.3 Å². The van der Waals surface area contributed by atoms with Gasteiger partial charge in [-0.25, -0.2) is 9.97 Å². The van der Waals surface area contributed by atoms with Crippen LogP contribution in [0.3, 0.4) is 0 Å². The number of hydrogen-bond acceptors (Lipinski definition) is 5. The maximum absolute atomic E-state index is 10.9. The van der Waals surface area contributed by atoms with E-state index >= 15 is 0 Å². The third-order valence-corrected chi connectivity index (χ3v) is 2.82. The zero-order chi connectivity index (χ0) is 13.8. The Morgan fingerprint density at radius 1 is 1.32 bits per heavy atom. The Hall–Kier alpha value is -1.92. The molecule has 6 nitrogen and oxygen atoms in total. The molecule has 1 N–H and O–H groups in total. The molecule has 0 spiro atoms. The quantitative estimate of drug-likeness (QED) is 0.532. The molecular weight excluding hydrogens is 291 g/mol. The maximum atomic E-state index is 10.9. The van der Waals surface area contributed by atoms with Gasteiger partial charge in [0.2, 0.25) is 11.0 Å². The van der Waals surface area contributed by atoms with Crippen molar-refractivity contribution in [1.82, 2.24) is 9.97 Å². The minimum atomic E-state index is -0.622. The molecule has 0 aliphatic heterocycles. The average molecular weight is 299 g/mol. The lowest BCUT2D eigenvalue weighted by molar-refractivity contribution is -0.384. The van der Waals surface area contributed by atoms with Crippen molar-refractivity contribution in [3.8, 4) is 0 Å². The van der Waals surface area contributed by atoms with Crippen LogP contribution in [0.1, 0.15) is 5.56 Å². The second-order valence-electron chi connectivity index (χ2n) is 3.60. The van der Waals surface area contributed by atoms with Crippen molar-refractivity contribution < 1.29 is 4.92 Å². The molecule has 0 aliphatic carbocycles. The van der Waals surface area contributed by atoms with Gasteiger partial charge in [0.15, 0.2) is 0 Å². The van der Waals surface area contributed by atoms with Crippen LogP contribution in [-0.2, 0) is 6.54 Å². The molecular formula is C11H8Cl2N4O2. The van der Waals surface area contributed by atoms with Crippen molar-refractivity contribution in [3.63, 3.8) is 0 Å². The Morgan fingerprint density at radius 3 is 2.79 bits per heavy atom. The maximum Gasteiger partial charge on any atom is 0.348 e. The molecule has 2 rings (SSSR count). The summed E-state index contributed by atoms with van der Waals surface area (Å²) < 4.78 is 0. The molecule has 2 aromatic rings. The average Bonchev–Trinajstić information content (AvgIpc) is 2.36. The van der Waals surface area contributed by atoms with E-state index in [-0.39, 0.29) is 16.7 Å². The summed E-state index contributed by atoms with van der Waals surface area (Å²) in [7, 11) is 0. The van der Waals surface area contributed by atoms with E-state index in [4.69, 9.17) is 23.2 Å². The number of nitro groups is 1. The van der Waals surface area contributed by atoms with E-state index in [0.717, 1.165) is 11.9 Å². The number of nitrogens with one attached hydrogen (secondary N) is 1. The van der Waals surface area contributed by atoms with Crippen LogP contribution < -0.4 is 5.32 Å². The highest BCUT2D eigenvalue weighted by atomic mass is 35.5. The molecule has 1 aromatic carbocycles. The van der Waals surface area contributed by atoms with Crippen molar-refractivity contribution >= 4 is 34.7 Å². The van der Waals surface area contributed by atoms with E-state index in [1.807, 2.05) is 6.07 Å². The van der Waals surface area contributed by atoms with Gasteiger partial charge in [-0.15, -0.1) is 0 Å². The van der Waals surface area contributed by atoms with Gasteiger partial charge in [-0.2, -0.15) is 0 Å². The molecule has 1 aromatic heterocycles. The molecule has 98 valence electrons. The number of halogens is 2. The third-order valence-electron chi connectivity index (χ3n) is 2.31. The summed E-state index contributed by atoms with van der Waals surface area (Å²) in [6.45, 7) is 0.342. The highest BCUT2D eigenvalue weighted by Crippen LogP contribution is 2.28. The summed E-state index contributed by atoms with van der Waals surface area (Å²) in [6.07, 6.45) is 1.16. The van der Waals surface area contributed by atoms with Gasteiger partial charge in [0, 0.05) is 11.6 Å². The Bertz CT molecular complexity index is 621. The molecule has 0 fully saturated rings. The fourth-order valence-corrected chi connectivity index (χ4v) is 1.90. The van der Waals surface area contributed by atoms with Crippen molar-refractivity contribution in [3.05, 3.63) is 56.4 Å². The smallest absolute Gasteiger partial charge is 0.348 e. The van der Waals surface area contributed by atoms with E-state index in [0.29, 0.717) is 11.6 Å². The van der Waals surface area contributed by atoms with Crippen molar-refractivity contribution in [2.75, 3.05) is 5.32 Å². The summed E-state index contributed by atoms with van der Waals surface area (Å²) in [4.78, 5) is 17.7. The van der Waals surface area contributed by atoms with E-state index in [1.54, 1.807) is 18.2 Å². The predicted molar refractivity (Wildman–Crippen MR) is 72.5 cm³/mol. The molecule has 8 heteroatoms. The van der Waals surface area contributed by atoms with Crippen LogP contribution in [0.4, 0.5) is 11.5 Å². The lowest BCUT2D eigenvalue weighted by atomic mass is 10.2. The highest BCUT2D eigenvalue weighted by molar-refractivity contribution is 6.31. The first kappa shape index (κ1) is 13.5. The SMILES string of the molecule is O=[N+]([O-])c1c(Cl)ncnc1NCc1cccc(Cl)c1. The van der Waals surface area contributed by atoms with Crippen LogP contribution in [0.5, 0.6) is 0 Å². The first-order valence-corrected chi connectivity index (χ1v) is 5.96. The number of nitrogens with zero attached hydrogens (tertiary/aromatic N) is 3. The number of aromatic nitrogens is 2. The van der Waals surface area contributed by atoms with Gasteiger partial charge in [0.05, 0.1) is 4.92 Å². The zero-order valence-corrected chi connectivity index (χ0v) is 11.0. The van der Waals surface area contributed by atoms with Gasteiger partial charge < -0.3 is 5.32 Å². The second-order valence-corrected chi connectivity index (χ2v) is 4.40. The van der Waals surface area contributed by atoms with Gasteiger partial charge in [0.25, 0.3) is 0 Å². The first-order valence-electron chi connectivity index (χ1n) is 5.21. The van der Waals surface area contributed by atoms with Gasteiger partial charge >= 0.3 is 5.69 Å². The zero-order valence-electron chi connectivity index (χ0n) is 9.51. The monoisotopic (exact) mass is 298 g/mol. The Balaban J connectivity index is 2.20. The van der Waals surface area contributed by atoms with E-state index in [1.165, 1.54) is 0 Å². The third kappa shape index (κ3) is 3.30. The molecule has 19 heavy (non-hydrogen) atoms. The second kappa shape index (κ2) is 5.81. The summed E-state index contributed by atoms with van der Waals surface area (Å²) in [5.74, 6) is 0.0741. The molecule has 0 unspecified atom stereocenters. The van der Waals surface area contributed by atoms with Crippen LogP contribution in [-0.4, -0.2) is 14.9 Å². The fourth-order valence-electron chi connectivity index (χ4n) is 1.48. The lowest BCUT2D eigenvalue weighted by Gasteiger charge is -2.06. The van der Waals surface area contributed by atoms with Crippen LogP contribution in [0.25, 0.3) is 0 Å². The van der Waals surface area contributed by atoms with Crippen molar-refractivity contribution in [2.24, 2.45) is 0 Å². The minimum Gasteiger partial charge on any atom is -0.360 e. The number of hydrogen-bond donors (Lipinski definition) is 1.